The third-order valence-electron chi connectivity index (χ3n) is 2.44. The molecule has 0 fully saturated rings. The molecule has 1 heterocycles. The number of aryl methyl sites for hydroxylation is 1. The number of rotatable bonds is 2. The van der Waals surface area contributed by atoms with Gasteiger partial charge >= 0.3 is 0 Å². The van der Waals surface area contributed by atoms with E-state index in [0.29, 0.717) is 0 Å². The summed E-state index contributed by atoms with van der Waals surface area (Å²) in [7, 11) is 0. The zero-order chi connectivity index (χ0) is 10.1. The maximum absolute atomic E-state index is 5.97. The maximum Gasteiger partial charge on any atom is 0.0498 e. The van der Waals surface area contributed by atoms with Crippen LogP contribution in [0, 0.1) is 0 Å². The van der Waals surface area contributed by atoms with Crippen LogP contribution in [0.1, 0.15) is 12.5 Å². The quantitative estimate of drug-likeness (QED) is 0.743. The molecule has 0 saturated carbocycles. The van der Waals surface area contributed by atoms with Crippen LogP contribution in [-0.2, 0) is 12.3 Å². The van der Waals surface area contributed by atoms with Crippen LogP contribution in [0.3, 0.4) is 0 Å². The molecule has 0 atom stereocenters. The fourth-order valence-electron chi connectivity index (χ4n) is 1.73. The van der Waals surface area contributed by atoms with Crippen LogP contribution in [0.25, 0.3) is 10.9 Å². The van der Waals surface area contributed by atoms with E-state index < -0.39 is 0 Å². The van der Waals surface area contributed by atoms with E-state index in [-0.39, 0.29) is 0 Å². The zero-order valence-electron chi connectivity index (χ0n) is 8.00. The summed E-state index contributed by atoms with van der Waals surface area (Å²) in [6.07, 6.45) is 2.15. The Balaban J connectivity index is 2.75. The summed E-state index contributed by atoms with van der Waals surface area (Å²) in [6, 6.07) is 6.00. The lowest BCUT2D eigenvalue weighted by molar-refractivity contribution is 0.795. The molecule has 0 aliphatic rings. The molecular weight excluding hydrogens is 214 g/mol. The summed E-state index contributed by atoms with van der Waals surface area (Å²) in [6.45, 7) is 3.09. The van der Waals surface area contributed by atoms with E-state index >= 15 is 0 Å². The van der Waals surface area contributed by atoms with Crippen molar-refractivity contribution in [2.24, 2.45) is 0 Å². The lowest BCUT2D eigenvalue weighted by Crippen LogP contribution is -1.89. The number of fused-ring (bicyclic) bond motifs is 1. The third kappa shape index (κ3) is 1.53. The predicted molar refractivity (Wildman–Crippen MR) is 65.3 cm³/mol. The van der Waals surface area contributed by atoms with Crippen LogP contribution in [0.5, 0.6) is 0 Å². The van der Waals surface area contributed by atoms with Gasteiger partial charge in [0.2, 0.25) is 0 Å². The average Bonchev–Trinajstić information content (AvgIpc) is 2.55. The van der Waals surface area contributed by atoms with Crippen molar-refractivity contribution < 1.29 is 0 Å². The Bertz CT molecular complexity index is 462. The minimum Gasteiger partial charge on any atom is -0.347 e. The van der Waals surface area contributed by atoms with E-state index in [1.54, 1.807) is 0 Å². The van der Waals surface area contributed by atoms with Crippen molar-refractivity contribution in [3.05, 3.63) is 35.0 Å². The Kier molecular flexibility index (Phi) is 2.75. The fraction of sp³-hybridized carbons (Fsp3) is 0.273. The monoisotopic (exact) mass is 225 g/mol. The molecule has 1 aromatic carbocycles. The molecular formula is C11H12ClNS. The molecule has 0 unspecified atom stereocenters. The van der Waals surface area contributed by atoms with Gasteiger partial charge in [0.05, 0.1) is 0 Å². The molecule has 0 N–H and O–H groups in total. The molecule has 0 radical (unpaired) electrons. The van der Waals surface area contributed by atoms with E-state index in [4.69, 9.17) is 11.6 Å². The number of hydrogen-bond donors (Lipinski definition) is 1. The van der Waals surface area contributed by atoms with Gasteiger partial charge in [-0.25, -0.2) is 0 Å². The molecule has 0 spiro atoms. The van der Waals surface area contributed by atoms with Gasteiger partial charge in [0.25, 0.3) is 0 Å². The van der Waals surface area contributed by atoms with Gasteiger partial charge in [0.1, 0.15) is 0 Å². The second-order valence-electron chi connectivity index (χ2n) is 3.26. The van der Waals surface area contributed by atoms with Gasteiger partial charge in [-0.15, -0.1) is 0 Å². The van der Waals surface area contributed by atoms with Crippen molar-refractivity contribution in [1.29, 1.82) is 0 Å². The summed E-state index contributed by atoms with van der Waals surface area (Å²) in [5, 5.41) is 2.04. The van der Waals surface area contributed by atoms with Crippen LogP contribution < -0.4 is 0 Å². The summed E-state index contributed by atoms with van der Waals surface area (Å²) < 4.78 is 2.20. The normalized spacial score (nSPS) is 11.1. The van der Waals surface area contributed by atoms with Gasteiger partial charge in [-0.2, -0.15) is 12.6 Å². The lowest BCUT2D eigenvalue weighted by Gasteiger charge is -1.99. The van der Waals surface area contributed by atoms with Crippen molar-refractivity contribution in [3.8, 4) is 0 Å². The van der Waals surface area contributed by atoms with E-state index in [1.807, 2.05) is 12.1 Å². The first-order valence-corrected chi connectivity index (χ1v) is 5.65. The van der Waals surface area contributed by atoms with Crippen LogP contribution in [0.4, 0.5) is 0 Å². The van der Waals surface area contributed by atoms with Crippen LogP contribution in [0.2, 0.25) is 5.02 Å². The first-order valence-electron chi connectivity index (χ1n) is 4.64. The smallest absolute Gasteiger partial charge is 0.0498 e. The number of nitrogens with zero attached hydrogens (tertiary/aromatic N) is 1. The molecule has 0 amide bonds. The first kappa shape index (κ1) is 9.94. The number of hydrogen-bond acceptors (Lipinski definition) is 1. The topological polar surface area (TPSA) is 4.93 Å². The van der Waals surface area contributed by atoms with E-state index in [9.17, 15) is 0 Å². The second-order valence-corrected chi connectivity index (χ2v) is 4.01. The molecule has 0 aliphatic carbocycles. The van der Waals surface area contributed by atoms with Gasteiger partial charge in [0, 0.05) is 34.4 Å². The Morgan fingerprint density at radius 3 is 2.86 bits per heavy atom. The summed E-state index contributed by atoms with van der Waals surface area (Å²) in [5.41, 5.74) is 2.46. The van der Waals surface area contributed by atoms with Crippen molar-refractivity contribution in [2.75, 3.05) is 0 Å². The minimum atomic E-state index is 0.769. The van der Waals surface area contributed by atoms with Crippen LogP contribution in [-0.4, -0.2) is 4.57 Å². The van der Waals surface area contributed by atoms with Crippen molar-refractivity contribution in [3.63, 3.8) is 0 Å². The van der Waals surface area contributed by atoms with Crippen LogP contribution in [0.15, 0.2) is 24.4 Å². The van der Waals surface area contributed by atoms with Gasteiger partial charge in [-0.1, -0.05) is 17.7 Å². The number of thiol groups is 1. The van der Waals surface area contributed by atoms with Gasteiger partial charge < -0.3 is 4.57 Å². The average molecular weight is 226 g/mol. The summed E-state index contributed by atoms with van der Waals surface area (Å²) in [4.78, 5) is 0. The highest BCUT2D eigenvalue weighted by Crippen LogP contribution is 2.25. The molecule has 0 aliphatic heterocycles. The molecule has 74 valence electrons. The highest BCUT2D eigenvalue weighted by molar-refractivity contribution is 7.79. The standard InChI is InChI=1S/C11H12ClNS/c1-2-13-6-8(7-14)10-4-3-9(12)5-11(10)13/h3-6,14H,2,7H2,1H3. The predicted octanol–water partition coefficient (Wildman–Crippen LogP) is 3.74. The number of aromatic nitrogens is 1. The second kappa shape index (κ2) is 3.87. The van der Waals surface area contributed by atoms with Crippen molar-refractivity contribution in [1.82, 2.24) is 4.57 Å². The molecule has 0 bridgehead atoms. The zero-order valence-corrected chi connectivity index (χ0v) is 9.65. The molecule has 1 aromatic heterocycles. The Morgan fingerprint density at radius 1 is 1.43 bits per heavy atom. The lowest BCUT2D eigenvalue weighted by atomic mass is 10.2. The molecule has 2 aromatic rings. The van der Waals surface area contributed by atoms with Gasteiger partial charge in [-0.05, 0) is 24.6 Å². The molecule has 3 heteroatoms. The highest BCUT2D eigenvalue weighted by Gasteiger charge is 2.06. The van der Waals surface area contributed by atoms with Crippen LogP contribution >= 0.6 is 24.2 Å². The largest absolute Gasteiger partial charge is 0.347 e. The molecule has 2 rings (SSSR count). The summed E-state index contributed by atoms with van der Waals surface area (Å²) in [5.74, 6) is 0.769. The molecule has 1 nitrogen and oxygen atoms in total. The SMILES string of the molecule is CCn1cc(CS)c2ccc(Cl)cc21. The van der Waals surface area contributed by atoms with E-state index in [0.717, 1.165) is 17.3 Å². The van der Waals surface area contributed by atoms with Gasteiger partial charge in [-0.3, -0.25) is 0 Å². The Morgan fingerprint density at radius 2 is 2.21 bits per heavy atom. The van der Waals surface area contributed by atoms with E-state index in [2.05, 4.69) is 36.4 Å². The fourth-order valence-corrected chi connectivity index (χ4v) is 2.15. The highest BCUT2D eigenvalue weighted by atomic mass is 35.5. The summed E-state index contributed by atoms with van der Waals surface area (Å²) >= 11 is 10.3. The van der Waals surface area contributed by atoms with Crippen molar-refractivity contribution in [2.45, 2.75) is 19.2 Å². The molecule has 14 heavy (non-hydrogen) atoms. The number of halogens is 1. The third-order valence-corrected chi connectivity index (χ3v) is 3.01. The minimum absolute atomic E-state index is 0.769. The first-order chi connectivity index (χ1) is 6.76. The van der Waals surface area contributed by atoms with E-state index in [1.165, 1.54) is 16.5 Å². The number of benzene rings is 1. The van der Waals surface area contributed by atoms with Crippen molar-refractivity contribution >= 4 is 35.1 Å². The molecule has 0 saturated heterocycles. The Hall–Kier alpha value is -0.600. The van der Waals surface area contributed by atoms with Gasteiger partial charge in [0.15, 0.2) is 0 Å². The maximum atomic E-state index is 5.97. The Labute approximate surface area is 94.1 Å².